The fourth-order valence-electron chi connectivity index (χ4n) is 5.70. The summed E-state index contributed by atoms with van der Waals surface area (Å²) >= 11 is 2.64. The second kappa shape index (κ2) is 16.3. The van der Waals surface area contributed by atoms with Crippen molar-refractivity contribution in [3.63, 3.8) is 0 Å². The van der Waals surface area contributed by atoms with Crippen LogP contribution < -0.4 is 22.1 Å². The number of nitrogens with two attached hydrogens (primary N) is 2. The highest BCUT2D eigenvalue weighted by atomic mass is 32.2. The van der Waals surface area contributed by atoms with E-state index in [0.717, 1.165) is 4.90 Å². The van der Waals surface area contributed by atoms with Crippen LogP contribution in [0.1, 0.15) is 24.3 Å². The van der Waals surface area contributed by atoms with Crippen molar-refractivity contribution in [1.29, 1.82) is 0 Å². The largest absolute Gasteiger partial charge is 0.477 e. The van der Waals surface area contributed by atoms with Gasteiger partial charge in [0.2, 0.25) is 11.6 Å². The van der Waals surface area contributed by atoms with Crippen molar-refractivity contribution in [2.24, 2.45) is 16.6 Å². The van der Waals surface area contributed by atoms with E-state index in [1.807, 2.05) is 6.07 Å². The van der Waals surface area contributed by atoms with Crippen LogP contribution in [-0.4, -0.2) is 115 Å². The zero-order valence-corrected chi connectivity index (χ0v) is 29.5. The molecule has 2 saturated heterocycles. The lowest BCUT2D eigenvalue weighted by molar-refractivity contribution is -0.150. The number of nitrogens with one attached hydrogen (secondary N) is 2. The first-order valence-electron chi connectivity index (χ1n) is 15.5. The van der Waals surface area contributed by atoms with Crippen LogP contribution in [0.25, 0.3) is 0 Å². The first-order valence-corrected chi connectivity index (χ1v) is 17.6. The van der Waals surface area contributed by atoms with Crippen LogP contribution in [0.2, 0.25) is 0 Å². The summed E-state index contributed by atoms with van der Waals surface area (Å²) in [6.07, 6.45) is 0.290. The fourth-order valence-corrected chi connectivity index (χ4v) is 8.32. The van der Waals surface area contributed by atoms with Gasteiger partial charge in [-0.25, -0.2) is 14.4 Å². The highest BCUT2D eigenvalue weighted by molar-refractivity contribution is 8.00. The number of oxime groups is 1. The lowest BCUT2D eigenvalue weighted by Crippen LogP contribution is -2.71. The number of furan rings is 1. The number of primary amides is 1. The number of carbonyl (C=O) groups is 7. The van der Waals surface area contributed by atoms with Crippen LogP contribution in [-0.2, 0) is 38.3 Å². The molecule has 2 aromatic rings. The fraction of sp³-hybridized carbons (Fsp3) is 0.312. The molecule has 280 valence electrons. The summed E-state index contributed by atoms with van der Waals surface area (Å²) in [5.74, 6) is -3.88. The molecule has 6 rings (SSSR count). The average Bonchev–Trinajstić information content (AvgIpc) is 3.68. The van der Waals surface area contributed by atoms with Crippen molar-refractivity contribution < 1.29 is 57.8 Å². The van der Waals surface area contributed by atoms with Crippen LogP contribution in [0.5, 0.6) is 0 Å². The molecule has 0 spiro atoms. The highest BCUT2D eigenvalue weighted by Gasteiger charge is 2.55. The van der Waals surface area contributed by atoms with Gasteiger partial charge in [-0.2, -0.15) is 0 Å². The standard InChI is InChI=1S/C16H16N4O8S.C16H17N3O4S/c1-26-19-9(8-3-2-4-27-8)12(21)18-10-13(22)20-11(15(23)24)7(5-28-16(17)25)6-29-14(10)20;1-8-7-24-15-11(14(21)19(15)12(8)16(22)23)18-13(20)10(17)9-5-3-2-4-6-9/h2-4,10,14H,5-6H2,1H3,(H2,17,25)(H,18,21)(H,23,24);2-6,10-11,15H,7,17H2,1H3,(H,18,20)(H,22,23)/b19-9-;/t10-,14+;10-,11-,15-/m11/s1. The van der Waals surface area contributed by atoms with Crippen molar-refractivity contribution in [3.8, 4) is 0 Å². The molecule has 0 aliphatic carbocycles. The third kappa shape index (κ3) is 7.85. The van der Waals surface area contributed by atoms with E-state index in [9.17, 15) is 43.8 Å². The number of ether oxygens (including phenoxy) is 1. The molecule has 4 aliphatic rings. The third-order valence-corrected chi connectivity index (χ3v) is 10.9. The van der Waals surface area contributed by atoms with Crippen LogP contribution in [0, 0.1) is 0 Å². The van der Waals surface area contributed by atoms with Crippen LogP contribution in [0.3, 0.4) is 0 Å². The molecule has 5 atom stereocenters. The van der Waals surface area contributed by atoms with E-state index in [0.29, 0.717) is 16.9 Å². The van der Waals surface area contributed by atoms with Gasteiger partial charge in [-0.15, -0.1) is 23.5 Å². The lowest BCUT2D eigenvalue weighted by Gasteiger charge is -2.49. The number of rotatable bonds is 11. The van der Waals surface area contributed by atoms with Gasteiger partial charge in [-0.05, 0) is 30.2 Å². The molecule has 5 amide bonds. The highest BCUT2D eigenvalue weighted by Crippen LogP contribution is 2.41. The molecule has 0 unspecified atom stereocenters. The number of hydrogen-bond acceptors (Lipinski definition) is 14. The van der Waals surface area contributed by atoms with Crippen molar-refractivity contribution in [3.05, 3.63) is 82.6 Å². The Hall–Kier alpha value is -5.80. The topological polar surface area (TPSA) is 286 Å². The number of carboxylic acid groups (broad SMARTS) is 2. The molecule has 1 aromatic carbocycles. The summed E-state index contributed by atoms with van der Waals surface area (Å²) in [5, 5.41) is 26.5. The molecule has 1 aromatic heterocycles. The number of aliphatic carboxylic acids is 2. The molecule has 53 heavy (non-hydrogen) atoms. The lowest BCUT2D eigenvalue weighted by atomic mass is 10.0. The van der Waals surface area contributed by atoms with Gasteiger partial charge in [0.05, 0.1) is 6.26 Å². The van der Waals surface area contributed by atoms with Gasteiger partial charge < -0.3 is 46.3 Å². The SMILES string of the molecule is CC1=C(C(=O)O)N2C(=O)[C@@H](NC(=O)[C@H](N)c3ccccc3)[C@H]2SC1.CO/N=C(\C(=O)N[C@@H]1C(=O)N2C(C(=O)O)=C(COC(N)=O)CS[C@@H]12)c1ccco1. The van der Waals surface area contributed by atoms with E-state index in [1.165, 1.54) is 47.9 Å². The molecule has 5 heterocycles. The summed E-state index contributed by atoms with van der Waals surface area (Å²) in [4.78, 5) is 90.5. The summed E-state index contributed by atoms with van der Waals surface area (Å²) in [6.45, 7) is 1.35. The van der Waals surface area contributed by atoms with Gasteiger partial charge in [-0.1, -0.05) is 35.5 Å². The predicted octanol–water partition coefficient (Wildman–Crippen LogP) is -0.0911. The number of carbonyl (C=O) groups excluding carboxylic acids is 5. The molecule has 2 fully saturated rings. The monoisotopic (exact) mass is 771 g/mol. The Morgan fingerprint density at radius 1 is 0.943 bits per heavy atom. The average molecular weight is 772 g/mol. The van der Waals surface area contributed by atoms with Gasteiger partial charge in [0, 0.05) is 17.1 Å². The summed E-state index contributed by atoms with van der Waals surface area (Å²) in [7, 11) is 1.25. The maximum Gasteiger partial charge on any atom is 0.404 e. The Morgan fingerprint density at radius 2 is 1.55 bits per heavy atom. The van der Waals surface area contributed by atoms with Crippen LogP contribution in [0.15, 0.2) is 80.8 Å². The van der Waals surface area contributed by atoms with Gasteiger partial charge in [0.15, 0.2) is 5.76 Å². The number of fused-ring (bicyclic) bond motifs is 2. The Balaban J connectivity index is 0.000000208. The van der Waals surface area contributed by atoms with E-state index in [2.05, 4.69) is 25.4 Å². The quantitative estimate of drug-likeness (QED) is 0.0989. The molecule has 0 radical (unpaired) electrons. The van der Waals surface area contributed by atoms with E-state index >= 15 is 0 Å². The first-order chi connectivity index (χ1) is 25.3. The number of thioether (sulfide) groups is 2. The minimum atomic E-state index is -1.35. The third-order valence-electron chi connectivity index (χ3n) is 8.18. The minimum absolute atomic E-state index is 0.0154. The maximum absolute atomic E-state index is 12.6. The Bertz CT molecular complexity index is 1920. The van der Waals surface area contributed by atoms with Crippen molar-refractivity contribution >= 4 is 70.9 Å². The Labute approximate surface area is 308 Å². The van der Waals surface area contributed by atoms with Crippen molar-refractivity contribution in [2.75, 3.05) is 25.2 Å². The smallest absolute Gasteiger partial charge is 0.404 e. The van der Waals surface area contributed by atoms with E-state index < -0.39 is 70.5 Å². The summed E-state index contributed by atoms with van der Waals surface area (Å²) < 4.78 is 9.79. The van der Waals surface area contributed by atoms with E-state index in [-0.39, 0.29) is 40.8 Å². The van der Waals surface area contributed by atoms with Gasteiger partial charge in [0.25, 0.3) is 17.7 Å². The molecular weight excluding hydrogens is 739 g/mol. The molecule has 4 aliphatic heterocycles. The second-order valence-corrected chi connectivity index (χ2v) is 13.8. The predicted molar refractivity (Wildman–Crippen MR) is 186 cm³/mol. The maximum atomic E-state index is 12.6. The first kappa shape index (κ1) is 38.4. The van der Waals surface area contributed by atoms with Crippen LogP contribution >= 0.6 is 23.5 Å². The summed E-state index contributed by atoms with van der Waals surface area (Å²) in [5.41, 5.74) is 11.9. The Morgan fingerprint density at radius 3 is 2.11 bits per heavy atom. The molecular formula is C32H33N7O12S2. The van der Waals surface area contributed by atoms with Crippen LogP contribution in [0.4, 0.5) is 4.79 Å². The molecule has 8 N–H and O–H groups in total. The molecule has 0 saturated carbocycles. The zero-order chi connectivity index (χ0) is 38.6. The van der Waals surface area contributed by atoms with Gasteiger partial charge in [-0.3, -0.25) is 29.0 Å². The molecule has 21 heteroatoms. The normalized spacial score (nSPS) is 22.5. The summed E-state index contributed by atoms with van der Waals surface area (Å²) in [6, 6.07) is 9.31. The van der Waals surface area contributed by atoms with Crippen molar-refractivity contribution in [1.82, 2.24) is 20.4 Å². The Kier molecular flexibility index (Phi) is 11.8. The second-order valence-electron chi connectivity index (χ2n) is 11.5. The van der Waals surface area contributed by atoms with E-state index in [4.69, 9.17) is 15.9 Å². The minimum Gasteiger partial charge on any atom is -0.477 e. The van der Waals surface area contributed by atoms with Gasteiger partial charge in [0.1, 0.15) is 54.0 Å². The number of benzene rings is 1. The number of carboxylic acids is 2. The van der Waals surface area contributed by atoms with Gasteiger partial charge >= 0.3 is 18.0 Å². The molecule has 0 bridgehead atoms. The zero-order valence-electron chi connectivity index (χ0n) is 27.9. The number of β-lactam (4-membered cyclic amide) rings is 2. The number of hydrogen-bond donors (Lipinski definition) is 6. The number of amides is 5. The number of nitrogens with zero attached hydrogens (tertiary/aromatic N) is 3. The van der Waals surface area contributed by atoms with E-state index in [1.54, 1.807) is 37.3 Å². The van der Waals surface area contributed by atoms with Crippen molar-refractivity contribution in [2.45, 2.75) is 35.8 Å². The molecule has 19 nitrogen and oxygen atoms in total.